The SMILES string of the molecule is Cc1cc2c(ccc(=O)n2Cc2cc(C(F)(F)F)cc(C(F)(F)F)c2)c(-c2ccc3c4c(ccnc24)CCO3)c1CC=O. The molecule has 0 N–H and O–H groups in total. The van der Waals surface area contributed by atoms with Crippen LogP contribution in [0.2, 0.25) is 0 Å². The van der Waals surface area contributed by atoms with Crippen LogP contribution in [0, 0.1) is 6.92 Å². The Kier molecular flexibility index (Phi) is 6.78. The lowest BCUT2D eigenvalue weighted by molar-refractivity contribution is -0.143. The van der Waals surface area contributed by atoms with Gasteiger partial charge in [0, 0.05) is 41.4 Å². The number of hydrogen-bond donors (Lipinski definition) is 0. The summed E-state index contributed by atoms with van der Waals surface area (Å²) in [7, 11) is 0. The standard InChI is InChI=1S/C32H22F6N2O3/c1-17-12-25-23(3-5-27(42)40(25)16-18-13-20(31(33,34)35)15-21(14-18)32(36,37)38)29(22(17)7-10-41)24-2-4-26-28-19(8-11-43-26)6-9-39-30(24)28/h2-6,9-10,12-15H,7-8,11,16H2,1H3. The highest BCUT2D eigenvalue weighted by Gasteiger charge is 2.37. The molecule has 6 rings (SSSR count). The van der Waals surface area contributed by atoms with Gasteiger partial charge in [0.2, 0.25) is 0 Å². The van der Waals surface area contributed by atoms with E-state index in [1.54, 1.807) is 37.4 Å². The van der Waals surface area contributed by atoms with Crippen LogP contribution in [0.1, 0.15) is 33.4 Å². The summed E-state index contributed by atoms with van der Waals surface area (Å²) in [4.78, 5) is 29.6. The van der Waals surface area contributed by atoms with Crippen LogP contribution in [0.4, 0.5) is 26.3 Å². The van der Waals surface area contributed by atoms with E-state index in [1.807, 2.05) is 6.07 Å². The van der Waals surface area contributed by atoms with Crippen molar-refractivity contribution in [2.45, 2.75) is 38.7 Å². The van der Waals surface area contributed by atoms with Crippen LogP contribution in [0.15, 0.2) is 65.6 Å². The largest absolute Gasteiger partial charge is 0.493 e. The van der Waals surface area contributed by atoms with Gasteiger partial charge in [-0.2, -0.15) is 26.3 Å². The third-order valence-corrected chi connectivity index (χ3v) is 7.74. The van der Waals surface area contributed by atoms with Gasteiger partial charge in [-0.05, 0) is 83.3 Å². The fourth-order valence-corrected chi connectivity index (χ4v) is 5.83. The molecule has 0 amide bonds. The van der Waals surface area contributed by atoms with Gasteiger partial charge in [-0.15, -0.1) is 0 Å². The summed E-state index contributed by atoms with van der Waals surface area (Å²) in [5.74, 6) is 0.656. The monoisotopic (exact) mass is 596 g/mol. The van der Waals surface area contributed by atoms with Gasteiger partial charge >= 0.3 is 12.4 Å². The minimum absolute atomic E-state index is 0.0260. The van der Waals surface area contributed by atoms with Crippen LogP contribution in [0.3, 0.4) is 0 Å². The van der Waals surface area contributed by atoms with Crippen LogP contribution < -0.4 is 10.3 Å². The summed E-state index contributed by atoms with van der Waals surface area (Å²) in [5, 5.41) is 1.30. The van der Waals surface area contributed by atoms with Crippen molar-refractivity contribution in [2.24, 2.45) is 0 Å². The van der Waals surface area contributed by atoms with Crippen molar-refractivity contribution in [1.82, 2.24) is 9.55 Å². The highest BCUT2D eigenvalue weighted by Crippen LogP contribution is 2.42. The second-order valence-corrected chi connectivity index (χ2v) is 10.4. The molecule has 2 aromatic heterocycles. The van der Waals surface area contributed by atoms with Crippen LogP contribution in [-0.2, 0) is 36.5 Å². The van der Waals surface area contributed by atoms with Crippen molar-refractivity contribution in [1.29, 1.82) is 0 Å². The molecule has 5 aromatic rings. The molecule has 11 heteroatoms. The van der Waals surface area contributed by atoms with Crippen molar-refractivity contribution >= 4 is 28.1 Å². The lowest BCUT2D eigenvalue weighted by Gasteiger charge is -2.22. The quantitative estimate of drug-likeness (QED) is 0.158. The van der Waals surface area contributed by atoms with E-state index in [4.69, 9.17) is 4.74 Å². The van der Waals surface area contributed by atoms with E-state index in [0.717, 1.165) is 21.8 Å². The lowest BCUT2D eigenvalue weighted by Crippen LogP contribution is -2.21. The Morgan fingerprint density at radius 1 is 0.953 bits per heavy atom. The molecular formula is C32H22F6N2O3. The molecule has 3 heterocycles. The van der Waals surface area contributed by atoms with E-state index in [9.17, 15) is 35.9 Å². The molecule has 1 aliphatic heterocycles. The van der Waals surface area contributed by atoms with Gasteiger partial charge < -0.3 is 14.1 Å². The highest BCUT2D eigenvalue weighted by molar-refractivity contribution is 6.07. The number of hydrogen-bond acceptors (Lipinski definition) is 4. The van der Waals surface area contributed by atoms with E-state index in [-0.39, 0.29) is 23.6 Å². The molecule has 43 heavy (non-hydrogen) atoms. The number of nitrogens with zero attached hydrogens (tertiary/aromatic N) is 2. The first kappa shape index (κ1) is 28.4. The minimum Gasteiger partial charge on any atom is -0.493 e. The smallest absolute Gasteiger partial charge is 0.416 e. The van der Waals surface area contributed by atoms with Crippen LogP contribution in [-0.4, -0.2) is 22.4 Å². The molecule has 3 aromatic carbocycles. The molecule has 0 spiro atoms. The van der Waals surface area contributed by atoms with Crippen LogP contribution in [0.5, 0.6) is 5.75 Å². The Balaban J connectivity index is 1.63. The second kappa shape index (κ2) is 10.3. The van der Waals surface area contributed by atoms with Gasteiger partial charge in [-0.25, -0.2) is 0 Å². The van der Waals surface area contributed by atoms with Gasteiger partial charge in [0.05, 0.1) is 35.3 Å². The number of halogens is 6. The molecule has 0 unspecified atom stereocenters. The van der Waals surface area contributed by atoms with E-state index in [2.05, 4.69) is 4.98 Å². The zero-order valence-electron chi connectivity index (χ0n) is 22.6. The van der Waals surface area contributed by atoms with E-state index < -0.39 is 35.6 Å². The number of carbonyl (C=O) groups excluding carboxylic acids is 1. The average molecular weight is 597 g/mol. The molecule has 0 aliphatic carbocycles. The number of benzene rings is 3. The Labute approximate surface area is 240 Å². The number of alkyl halides is 6. The molecule has 0 fully saturated rings. The molecule has 5 nitrogen and oxygen atoms in total. The molecule has 0 saturated heterocycles. The minimum atomic E-state index is -5.03. The van der Waals surface area contributed by atoms with Gasteiger partial charge in [0.15, 0.2) is 0 Å². The number of aldehydes is 1. The number of fused-ring (bicyclic) bond motifs is 1. The van der Waals surface area contributed by atoms with Gasteiger partial charge in [-0.1, -0.05) is 0 Å². The summed E-state index contributed by atoms with van der Waals surface area (Å²) < 4.78 is 88.3. The van der Waals surface area contributed by atoms with Crippen LogP contribution >= 0.6 is 0 Å². The molecule has 220 valence electrons. The molecule has 0 radical (unpaired) electrons. The summed E-state index contributed by atoms with van der Waals surface area (Å²) in [6.07, 6.45) is -6.94. The first-order valence-corrected chi connectivity index (χ1v) is 13.3. The van der Waals surface area contributed by atoms with E-state index >= 15 is 0 Å². The molecule has 0 bridgehead atoms. The fraction of sp³-hybridized carbons (Fsp3) is 0.219. The third-order valence-electron chi connectivity index (χ3n) is 7.74. The fourth-order valence-electron chi connectivity index (χ4n) is 5.83. The predicted octanol–water partition coefficient (Wildman–Crippen LogP) is 7.29. The Hall–Kier alpha value is -4.67. The second-order valence-electron chi connectivity index (χ2n) is 10.4. The predicted molar refractivity (Wildman–Crippen MR) is 148 cm³/mol. The summed E-state index contributed by atoms with van der Waals surface area (Å²) in [5.41, 5.74) is 0.568. The Morgan fingerprint density at radius 2 is 1.67 bits per heavy atom. The van der Waals surface area contributed by atoms with Gasteiger partial charge in [0.25, 0.3) is 5.56 Å². The Bertz CT molecular complexity index is 1950. The highest BCUT2D eigenvalue weighted by atomic mass is 19.4. The maximum absolute atomic E-state index is 13.6. The van der Waals surface area contributed by atoms with E-state index in [0.29, 0.717) is 64.1 Å². The number of carbonyl (C=O) groups is 1. The third kappa shape index (κ3) is 5.02. The van der Waals surface area contributed by atoms with Crippen molar-refractivity contribution < 1.29 is 35.9 Å². The van der Waals surface area contributed by atoms with Crippen LogP contribution in [0.25, 0.3) is 32.9 Å². The molecular weight excluding hydrogens is 574 g/mol. The van der Waals surface area contributed by atoms with Gasteiger partial charge in [-0.3, -0.25) is 9.78 Å². The summed E-state index contributed by atoms with van der Waals surface area (Å²) >= 11 is 0. The van der Waals surface area contributed by atoms with Crippen molar-refractivity contribution in [3.8, 4) is 16.9 Å². The normalized spacial score (nSPS) is 13.4. The number of rotatable bonds is 5. The summed E-state index contributed by atoms with van der Waals surface area (Å²) in [6, 6.07) is 11.2. The van der Waals surface area contributed by atoms with Gasteiger partial charge in [0.1, 0.15) is 12.0 Å². The number of ether oxygens (including phenoxy) is 1. The average Bonchev–Trinajstić information content (AvgIpc) is 2.95. The molecule has 1 aliphatic rings. The molecule has 0 atom stereocenters. The first-order chi connectivity index (χ1) is 20.4. The Morgan fingerprint density at radius 3 is 2.35 bits per heavy atom. The first-order valence-electron chi connectivity index (χ1n) is 13.3. The lowest BCUT2D eigenvalue weighted by atomic mass is 9.88. The zero-order chi connectivity index (χ0) is 30.7. The number of pyridine rings is 2. The van der Waals surface area contributed by atoms with E-state index in [1.165, 1.54) is 6.07 Å². The van der Waals surface area contributed by atoms with Crippen molar-refractivity contribution in [3.05, 3.63) is 105 Å². The maximum Gasteiger partial charge on any atom is 0.416 e. The summed E-state index contributed by atoms with van der Waals surface area (Å²) in [6.45, 7) is 1.69. The topological polar surface area (TPSA) is 61.2 Å². The maximum atomic E-state index is 13.6. The number of aryl methyl sites for hydroxylation is 1. The van der Waals surface area contributed by atoms with Crippen molar-refractivity contribution in [2.75, 3.05) is 6.61 Å². The molecule has 0 saturated carbocycles. The van der Waals surface area contributed by atoms with Crippen molar-refractivity contribution in [3.63, 3.8) is 0 Å². The number of aromatic nitrogens is 2. The zero-order valence-corrected chi connectivity index (χ0v) is 22.6.